The maximum atomic E-state index is 12.6. The van der Waals surface area contributed by atoms with Crippen LogP contribution in [0.15, 0.2) is 60.9 Å². The van der Waals surface area contributed by atoms with Crippen molar-refractivity contribution in [1.82, 2.24) is 20.1 Å². The molecule has 5 nitrogen and oxygen atoms in total. The fourth-order valence-electron chi connectivity index (χ4n) is 4.33. The number of hydrogen-bond donors (Lipinski definition) is 1. The maximum absolute atomic E-state index is 12.6. The van der Waals surface area contributed by atoms with E-state index in [1.54, 1.807) is 7.05 Å². The maximum Gasteiger partial charge on any atom is 0.269 e. The van der Waals surface area contributed by atoms with Crippen LogP contribution in [0.4, 0.5) is 0 Å². The van der Waals surface area contributed by atoms with Gasteiger partial charge in [-0.25, -0.2) is 0 Å². The highest BCUT2D eigenvalue weighted by molar-refractivity contribution is 5.93. The van der Waals surface area contributed by atoms with Gasteiger partial charge in [0.2, 0.25) is 0 Å². The molecule has 0 saturated heterocycles. The molecule has 0 bridgehead atoms. The Bertz CT molecular complexity index is 928. The molecule has 4 rings (SSSR count). The molecular weight excluding hydrogens is 348 g/mol. The summed E-state index contributed by atoms with van der Waals surface area (Å²) >= 11 is 0. The van der Waals surface area contributed by atoms with Crippen molar-refractivity contribution in [1.29, 1.82) is 0 Å². The average molecular weight is 374 g/mol. The Morgan fingerprint density at radius 1 is 1.11 bits per heavy atom. The van der Waals surface area contributed by atoms with Gasteiger partial charge in [0.15, 0.2) is 0 Å². The van der Waals surface area contributed by atoms with Gasteiger partial charge >= 0.3 is 0 Å². The molecule has 0 atom stereocenters. The van der Waals surface area contributed by atoms with Crippen molar-refractivity contribution in [3.8, 4) is 11.3 Å². The molecule has 5 heteroatoms. The molecule has 1 aliphatic rings. The van der Waals surface area contributed by atoms with Gasteiger partial charge in [-0.2, -0.15) is 5.10 Å². The van der Waals surface area contributed by atoms with Gasteiger partial charge in [0.05, 0.1) is 12.2 Å². The SMILES string of the molecule is CNC(=O)c1cc(-c2ccccc2)nn1CC1(c2cccnc2)CCCCC1. The second kappa shape index (κ2) is 7.97. The van der Waals surface area contributed by atoms with Crippen LogP contribution in [0.3, 0.4) is 0 Å². The van der Waals surface area contributed by atoms with Crippen LogP contribution in [0, 0.1) is 0 Å². The number of pyridine rings is 1. The van der Waals surface area contributed by atoms with Crippen molar-refractivity contribution < 1.29 is 4.79 Å². The molecule has 1 aliphatic carbocycles. The van der Waals surface area contributed by atoms with Gasteiger partial charge in [0.1, 0.15) is 5.69 Å². The molecule has 0 unspecified atom stereocenters. The summed E-state index contributed by atoms with van der Waals surface area (Å²) in [6, 6.07) is 16.1. The van der Waals surface area contributed by atoms with E-state index >= 15 is 0 Å². The first-order chi connectivity index (χ1) is 13.7. The third-order valence-corrected chi connectivity index (χ3v) is 5.85. The van der Waals surface area contributed by atoms with Crippen LogP contribution in [0.5, 0.6) is 0 Å². The van der Waals surface area contributed by atoms with Crippen molar-refractivity contribution >= 4 is 5.91 Å². The number of benzene rings is 1. The van der Waals surface area contributed by atoms with E-state index in [1.165, 1.54) is 24.8 Å². The second-order valence-corrected chi connectivity index (χ2v) is 7.60. The second-order valence-electron chi connectivity index (χ2n) is 7.60. The van der Waals surface area contributed by atoms with E-state index in [4.69, 9.17) is 5.10 Å². The van der Waals surface area contributed by atoms with Crippen LogP contribution in [0.2, 0.25) is 0 Å². The molecule has 2 aromatic heterocycles. The summed E-state index contributed by atoms with van der Waals surface area (Å²) in [6.45, 7) is 0.689. The summed E-state index contributed by atoms with van der Waals surface area (Å²) in [5.74, 6) is -0.105. The summed E-state index contributed by atoms with van der Waals surface area (Å²) in [4.78, 5) is 16.9. The third-order valence-electron chi connectivity index (χ3n) is 5.85. The molecule has 1 saturated carbocycles. The molecule has 1 aromatic carbocycles. The first-order valence-corrected chi connectivity index (χ1v) is 9.98. The Kier molecular flexibility index (Phi) is 5.24. The molecule has 0 radical (unpaired) electrons. The van der Waals surface area contributed by atoms with Gasteiger partial charge in [-0.05, 0) is 30.5 Å². The van der Waals surface area contributed by atoms with E-state index in [9.17, 15) is 4.79 Å². The van der Waals surface area contributed by atoms with E-state index in [2.05, 4.69) is 16.4 Å². The number of carbonyl (C=O) groups is 1. The molecule has 1 N–H and O–H groups in total. The topological polar surface area (TPSA) is 59.8 Å². The summed E-state index contributed by atoms with van der Waals surface area (Å²) in [5.41, 5.74) is 3.67. The Morgan fingerprint density at radius 3 is 2.57 bits per heavy atom. The lowest BCUT2D eigenvalue weighted by Gasteiger charge is -2.37. The zero-order valence-corrected chi connectivity index (χ0v) is 16.3. The van der Waals surface area contributed by atoms with E-state index < -0.39 is 0 Å². The Labute approximate surface area is 165 Å². The number of hydrogen-bond acceptors (Lipinski definition) is 3. The number of nitrogens with zero attached hydrogens (tertiary/aromatic N) is 3. The van der Waals surface area contributed by atoms with Crippen molar-refractivity contribution in [3.05, 3.63) is 72.2 Å². The third kappa shape index (κ3) is 3.57. The minimum Gasteiger partial charge on any atom is -0.354 e. The van der Waals surface area contributed by atoms with Crippen molar-refractivity contribution in [3.63, 3.8) is 0 Å². The van der Waals surface area contributed by atoms with Crippen molar-refractivity contribution in [2.75, 3.05) is 7.05 Å². The molecule has 0 spiro atoms. The highest BCUT2D eigenvalue weighted by atomic mass is 16.1. The summed E-state index contributed by atoms with van der Waals surface area (Å²) < 4.78 is 1.90. The lowest BCUT2D eigenvalue weighted by atomic mass is 9.70. The smallest absolute Gasteiger partial charge is 0.269 e. The van der Waals surface area contributed by atoms with Crippen LogP contribution >= 0.6 is 0 Å². The fourth-order valence-corrected chi connectivity index (χ4v) is 4.33. The summed E-state index contributed by atoms with van der Waals surface area (Å²) in [7, 11) is 1.67. The monoisotopic (exact) mass is 374 g/mol. The lowest BCUT2D eigenvalue weighted by molar-refractivity contribution is 0.0948. The fraction of sp³-hybridized carbons (Fsp3) is 0.348. The van der Waals surface area contributed by atoms with Crippen LogP contribution in [-0.4, -0.2) is 27.7 Å². The van der Waals surface area contributed by atoms with Gasteiger partial charge in [-0.15, -0.1) is 0 Å². The van der Waals surface area contributed by atoms with Crippen LogP contribution in [0.1, 0.15) is 48.2 Å². The zero-order valence-electron chi connectivity index (χ0n) is 16.3. The number of amides is 1. The predicted molar refractivity (Wildman–Crippen MR) is 110 cm³/mol. The first-order valence-electron chi connectivity index (χ1n) is 9.98. The van der Waals surface area contributed by atoms with E-state index in [0.29, 0.717) is 12.2 Å². The van der Waals surface area contributed by atoms with Crippen molar-refractivity contribution in [2.45, 2.75) is 44.1 Å². The normalized spacial score (nSPS) is 15.9. The Hall–Kier alpha value is -2.95. The van der Waals surface area contributed by atoms with Gasteiger partial charge < -0.3 is 5.32 Å². The van der Waals surface area contributed by atoms with Crippen molar-refractivity contribution in [2.24, 2.45) is 0 Å². The number of rotatable bonds is 5. The van der Waals surface area contributed by atoms with E-state index in [0.717, 1.165) is 24.1 Å². The molecule has 28 heavy (non-hydrogen) atoms. The van der Waals surface area contributed by atoms with Gasteiger partial charge in [-0.1, -0.05) is 55.7 Å². The summed E-state index contributed by atoms with van der Waals surface area (Å²) in [6.07, 6.45) is 9.62. The van der Waals surface area contributed by atoms with Crippen LogP contribution in [-0.2, 0) is 12.0 Å². The largest absolute Gasteiger partial charge is 0.354 e. The predicted octanol–water partition coefficient (Wildman–Crippen LogP) is 4.21. The molecule has 2 heterocycles. The molecule has 1 amide bonds. The molecule has 1 fully saturated rings. The van der Waals surface area contributed by atoms with Crippen LogP contribution < -0.4 is 5.32 Å². The Morgan fingerprint density at radius 2 is 1.89 bits per heavy atom. The quantitative estimate of drug-likeness (QED) is 0.728. The van der Waals surface area contributed by atoms with E-state index in [-0.39, 0.29) is 11.3 Å². The minimum absolute atomic E-state index is 0.0325. The van der Waals surface area contributed by atoms with Gasteiger partial charge in [0, 0.05) is 30.4 Å². The average Bonchev–Trinajstić information content (AvgIpc) is 3.18. The van der Waals surface area contributed by atoms with E-state index in [1.807, 2.05) is 59.5 Å². The molecule has 3 aromatic rings. The Balaban J connectivity index is 1.76. The lowest BCUT2D eigenvalue weighted by Crippen LogP contribution is -2.36. The number of aromatic nitrogens is 3. The molecule has 0 aliphatic heterocycles. The van der Waals surface area contributed by atoms with Gasteiger partial charge in [-0.3, -0.25) is 14.5 Å². The highest BCUT2D eigenvalue weighted by Gasteiger charge is 2.36. The standard InChI is InChI=1S/C23H26N4O/c1-24-22(28)21-15-20(18-9-4-2-5-10-18)26-27(21)17-23(12-6-3-7-13-23)19-11-8-14-25-16-19/h2,4-5,8-11,14-16H,3,6-7,12-13,17H2,1H3,(H,24,28). The summed E-state index contributed by atoms with van der Waals surface area (Å²) in [5, 5.41) is 7.61. The zero-order chi connectivity index (χ0) is 19.4. The molecule has 144 valence electrons. The van der Waals surface area contributed by atoms with Gasteiger partial charge in [0.25, 0.3) is 5.91 Å². The minimum atomic E-state index is -0.105. The molecular formula is C23H26N4O. The first kappa shape index (κ1) is 18.4. The number of carbonyl (C=O) groups excluding carboxylic acids is 1. The van der Waals surface area contributed by atoms with Crippen LogP contribution in [0.25, 0.3) is 11.3 Å². The highest BCUT2D eigenvalue weighted by Crippen LogP contribution is 2.41. The number of nitrogens with one attached hydrogen (secondary N) is 1.